The Hall–Kier alpha value is -1.87. The third-order valence-electron chi connectivity index (χ3n) is 3.49. The lowest BCUT2D eigenvalue weighted by molar-refractivity contribution is 0.287. The summed E-state index contributed by atoms with van der Waals surface area (Å²) in [6.07, 6.45) is 0.610. The number of nitrogens with two attached hydrogens (primary N) is 1. The number of halogens is 1. The van der Waals surface area contributed by atoms with Crippen molar-refractivity contribution in [3.05, 3.63) is 65.0 Å². The summed E-state index contributed by atoms with van der Waals surface area (Å²) >= 11 is 0. The SMILES string of the molecule is CC(C)c1ccc(COc2c(F)cccc2CCN)cc1. The van der Waals surface area contributed by atoms with E-state index in [2.05, 4.69) is 26.0 Å². The predicted molar refractivity (Wildman–Crippen MR) is 84.0 cm³/mol. The van der Waals surface area contributed by atoms with Crippen LogP contribution < -0.4 is 10.5 Å². The van der Waals surface area contributed by atoms with Crippen LogP contribution in [0, 0.1) is 5.82 Å². The lowest BCUT2D eigenvalue weighted by Gasteiger charge is -2.12. The van der Waals surface area contributed by atoms with Crippen molar-refractivity contribution < 1.29 is 9.13 Å². The Morgan fingerprint density at radius 2 is 1.81 bits per heavy atom. The van der Waals surface area contributed by atoms with E-state index in [0.29, 0.717) is 31.2 Å². The number of hydrogen-bond donors (Lipinski definition) is 1. The summed E-state index contributed by atoms with van der Waals surface area (Å²) in [6.45, 7) is 5.15. The van der Waals surface area contributed by atoms with Gasteiger partial charge in [-0.05, 0) is 41.6 Å². The molecule has 2 aromatic carbocycles. The van der Waals surface area contributed by atoms with Crippen molar-refractivity contribution in [3.63, 3.8) is 0 Å². The predicted octanol–water partition coefficient (Wildman–Crippen LogP) is 4.03. The van der Waals surface area contributed by atoms with Crippen LogP contribution in [0.2, 0.25) is 0 Å². The van der Waals surface area contributed by atoms with Gasteiger partial charge < -0.3 is 10.5 Å². The normalized spacial score (nSPS) is 10.9. The maximum Gasteiger partial charge on any atom is 0.165 e. The summed E-state index contributed by atoms with van der Waals surface area (Å²) in [6, 6.07) is 13.2. The third-order valence-corrected chi connectivity index (χ3v) is 3.49. The first kappa shape index (κ1) is 15.5. The van der Waals surface area contributed by atoms with Crippen LogP contribution in [0.4, 0.5) is 4.39 Å². The number of ether oxygens (including phenoxy) is 1. The van der Waals surface area contributed by atoms with Crippen LogP contribution in [0.1, 0.15) is 36.5 Å². The van der Waals surface area contributed by atoms with Crippen molar-refractivity contribution in [1.29, 1.82) is 0 Å². The van der Waals surface area contributed by atoms with E-state index in [1.807, 2.05) is 18.2 Å². The van der Waals surface area contributed by atoms with E-state index >= 15 is 0 Å². The van der Waals surface area contributed by atoms with Gasteiger partial charge in [0.15, 0.2) is 11.6 Å². The molecule has 0 radical (unpaired) electrons. The van der Waals surface area contributed by atoms with Crippen molar-refractivity contribution in [1.82, 2.24) is 0 Å². The lowest BCUT2D eigenvalue weighted by atomic mass is 10.0. The summed E-state index contributed by atoms with van der Waals surface area (Å²) in [7, 11) is 0. The Morgan fingerprint density at radius 3 is 2.43 bits per heavy atom. The van der Waals surface area contributed by atoms with E-state index < -0.39 is 0 Å². The van der Waals surface area contributed by atoms with Gasteiger partial charge in [-0.1, -0.05) is 50.2 Å². The van der Waals surface area contributed by atoms with Crippen LogP contribution in [0.3, 0.4) is 0 Å². The van der Waals surface area contributed by atoms with Crippen LogP contribution in [0.15, 0.2) is 42.5 Å². The van der Waals surface area contributed by atoms with Crippen LogP contribution >= 0.6 is 0 Å². The minimum Gasteiger partial charge on any atom is -0.486 e. The van der Waals surface area contributed by atoms with Crippen molar-refractivity contribution in [2.24, 2.45) is 5.73 Å². The minimum absolute atomic E-state index is 0.316. The first-order chi connectivity index (χ1) is 10.1. The molecule has 0 unspecified atom stereocenters. The maximum atomic E-state index is 13.9. The van der Waals surface area contributed by atoms with Crippen LogP contribution in [0.5, 0.6) is 5.75 Å². The first-order valence-corrected chi connectivity index (χ1v) is 7.31. The van der Waals surface area contributed by atoms with E-state index in [1.54, 1.807) is 6.07 Å². The smallest absolute Gasteiger partial charge is 0.165 e. The molecule has 112 valence electrons. The molecule has 0 aliphatic heterocycles. The van der Waals surface area contributed by atoms with E-state index in [9.17, 15) is 4.39 Å². The highest BCUT2D eigenvalue weighted by molar-refractivity contribution is 5.35. The quantitative estimate of drug-likeness (QED) is 0.870. The zero-order valence-electron chi connectivity index (χ0n) is 12.6. The average molecular weight is 287 g/mol. The molecule has 0 aliphatic rings. The van der Waals surface area contributed by atoms with Gasteiger partial charge in [-0.15, -0.1) is 0 Å². The summed E-state index contributed by atoms with van der Waals surface area (Å²) in [5.74, 6) is 0.485. The number of benzene rings is 2. The van der Waals surface area contributed by atoms with E-state index in [0.717, 1.165) is 11.1 Å². The molecule has 0 aromatic heterocycles. The molecular formula is C18H22FNO. The molecular weight excluding hydrogens is 265 g/mol. The van der Waals surface area contributed by atoms with Gasteiger partial charge in [0.05, 0.1) is 0 Å². The molecule has 2 rings (SSSR count). The molecule has 0 amide bonds. The van der Waals surface area contributed by atoms with Gasteiger partial charge in [0.2, 0.25) is 0 Å². The molecule has 21 heavy (non-hydrogen) atoms. The molecule has 0 saturated carbocycles. The highest BCUT2D eigenvalue weighted by atomic mass is 19.1. The monoisotopic (exact) mass is 287 g/mol. The summed E-state index contributed by atoms with van der Waals surface area (Å²) in [5.41, 5.74) is 8.68. The summed E-state index contributed by atoms with van der Waals surface area (Å²) in [5, 5.41) is 0. The van der Waals surface area contributed by atoms with E-state index in [1.165, 1.54) is 11.6 Å². The molecule has 2 N–H and O–H groups in total. The second-order valence-corrected chi connectivity index (χ2v) is 5.45. The summed E-state index contributed by atoms with van der Waals surface area (Å²) < 4.78 is 19.6. The third kappa shape index (κ3) is 4.05. The molecule has 0 fully saturated rings. The highest BCUT2D eigenvalue weighted by Crippen LogP contribution is 2.24. The standard InChI is InChI=1S/C18H22FNO/c1-13(2)15-8-6-14(7-9-15)12-21-18-16(10-11-20)4-3-5-17(18)19/h3-9,13H,10-12,20H2,1-2H3. The van der Waals surface area contributed by atoms with Crippen LogP contribution in [-0.2, 0) is 13.0 Å². The zero-order valence-corrected chi connectivity index (χ0v) is 12.6. The van der Waals surface area contributed by atoms with Gasteiger partial charge in [-0.2, -0.15) is 0 Å². The van der Waals surface area contributed by atoms with Crippen molar-refractivity contribution in [2.75, 3.05) is 6.54 Å². The lowest BCUT2D eigenvalue weighted by Crippen LogP contribution is -2.06. The second kappa shape index (κ2) is 7.23. The molecule has 0 spiro atoms. The Morgan fingerprint density at radius 1 is 1.10 bits per heavy atom. The fraction of sp³-hybridized carbons (Fsp3) is 0.333. The molecule has 0 aliphatic carbocycles. The molecule has 3 heteroatoms. The molecule has 2 aromatic rings. The summed E-state index contributed by atoms with van der Waals surface area (Å²) in [4.78, 5) is 0. The van der Waals surface area contributed by atoms with Gasteiger partial charge in [-0.3, -0.25) is 0 Å². The van der Waals surface area contributed by atoms with E-state index in [-0.39, 0.29) is 5.82 Å². The molecule has 0 saturated heterocycles. The Kier molecular flexibility index (Phi) is 5.34. The van der Waals surface area contributed by atoms with Crippen molar-refractivity contribution >= 4 is 0 Å². The largest absolute Gasteiger partial charge is 0.486 e. The van der Waals surface area contributed by atoms with E-state index in [4.69, 9.17) is 10.5 Å². The van der Waals surface area contributed by atoms with Gasteiger partial charge in [0.25, 0.3) is 0 Å². The van der Waals surface area contributed by atoms with Gasteiger partial charge in [-0.25, -0.2) is 4.39 Å². The maximum absolute atomic E-state index is 13.9. The zero-order chi connectivity index (χ0) is 15.2. The number of rotatable bonds is 6. The van der Waals surface area contributed by atoms with Gasteiger partial charge in [0, 0.05) is 0 Å². The van der Waals surface area contributed by atoms with Gasteiger partial charge in [0.1, 0.15) is 6.61 Å². The topological polar surface area (TPSA) is 35.2 Å². The van der Waals surface area contributed by atoms with Crippen LogP contribution in [0.25, 0.3) is 0 Å². The molecule has 2 nitrogen and oxygen atoms in total. The number of para-hydroxylation sites is 1. The van der Waals surface area contributed by atoms with Crippen molar-refractivity contribution in [2.45, 2.75) is 32.8 Å². The Bertz CT molecular complexity index is 578. The first-order valence-electron chi connectivity index (χ1n) is 7.31. The van der Waals surface area contributed by atoms with Crippen LogP contribution in [-0.4, -0.2) is 6.54 Å². The highest BCUT2D eigenvalue weighted by Gasteiger charge is 2.09. The fourth-order valence-corrected chi connectivity index (χ4v) is 2.22. The van der Waals surface area contributed by atoms with Gasteiger partial charge >= 0.3 is 0 Å². The minimum atomic E-state index is -0.334. The fourth-order valence-electron chi connectivity index (χ4n) is 2.22. The number of hydrogen-bond acceptors (Lipinski definition) is 2. The average Bonchev–Trinajstić information content (AvgIpc) is 2.47. The Labute approximate surface area is 125 Å². The Balaban J connectivity index is 2.09. The molecule has 0 bridgehead atoms. The van der Waals surface area contributed by atoms with Crippen molar-refractivity contribution in [3.8, 4) is 5.75 Å². The second-order valence-electron chi connectivity index (χ2n) is 5.45. The molecule has 0 heterocycles. The molecule has 0 atom stereocenters.